The molecule has 30 heavy (non-hydrogen) atoms. The SMILES string of the molecule is CNc1cc2cnc(NS(=O)c3ccc(N)cc3)nc2n1C1(C(C)=N)CCCCC1. The van der Waals surface area contributed by atoms with Crippen LogP contribution in [0.5, 0.6) is 0 Å². The molecule has 9 heteroatoms. The van der Waals surface area contributed by atoms with Crippen molar-refractivity contribution in [1.29, 1.82) is 5.41 Å². The van der Waals surface area contributed by atoms with Gasteiger partial charge >= 0.3 is 0 Å². The van der Waals surface area contributed by atoms with Crippen LogP contribution in [0.4, 0.5) is 17.5 Å². The maximum Gasteiger partial charge on any atom is 0.236 e. The predicted octanol–water partition coefficient (Wildman–Crippen LogP) is 3.89. The number of nitrogen functional groups attached to an aromatic ring is 1. The topological polar surface area (TPSA) is 122 Å². The first kappa shape index (κ1) is 20.3. The molecule has 1 unspecified atom stereocenters. The van der Waals surface area contributed by atoms with E-state index in [0.29, 0.717) is 16.3 Å². The lowest BCUT2D eigenvalue weighted by Gasteiger charge is -2.39. The summed E-state index contributed by atoms with van der Waals surface area (Å²) in [6.45, 7) is 1.88. The lowest BCUT2D eigenvalue weighted by molar-refractivity contribution is 0.288. The second kappa shape index (κ2) is 8.06. The van der Waals surface area contributed by atoms with E-state index in [1.807, 2.05) is 20.0 Å². The number of benzene rings is 1. The van der Waals surface area contributed by atoms with Gasteiger partial charge in [0.15, 0.2) is 11.0 Å². The molecule has 0 radical (unpaired) electrons. The Kier molecular flexibility index (Phi) is 5.46. The third-order valence-corrected chi connectivity index (χ3v) is 6.95. The second-order valence-corrected chi connectivity index (χ2v) is 8.96. The number of nitrogens with one attached hydrogen (secondary N) is 3. The Labute approximate surface area is 178 Å². The van der Waals surface area contributed by atoms with Crippen molar-refractivity contribution >= 4 is 45.2 Å². The molecular formula is C21H27N7OS. The van der Waals surface area contributed by atoms with E-state index in [1.165, 1.54) is 6.42 Å². The zero-order valence-corrected chi connectivity index (χ0v) is 18.1. The Bertz CT molecular complexity index is 1100. The maximum atomic E-state index is 12.7. The van der Waals surface area contributed by atoms with Crippen LogP contribution in [0.25, 0.3) is 11.0 Å². The molecule has 8 nitrogen and oxygen atoms in total. The van der Waals surface area contributed by atoms with Gasteiger partial charge in [-0.05, 0) is 50.1 Å². The molecule has 1 fully saturated rings. The van der Waals surface area contributed by atoms with Crippen LogP contribution in [-0.4, -0.2) is 31.5 Å². The molecule has 0 spiro atoms. The Morgan fingerprint density at radius 3 is 2.57 bits per heavy atom. The molecule has 0 bridgehead atoms. The van der Waals surface area contributed by atoms with Crippen LogP contribution < -0.4 is 15.8 Å². The van der Waals surface area contributed by atoms with Gasteiger partial charge in [0.25, 0.3) is 0 Å². The molecule has 3 aromatic rings. The van der Waals surface area contributed by atoms with Crippen LogP contribution in [0.15, 0.2) is 41.4 Å². The van der Waals surface area contributed by atoms with Gasteiger partial charge in [0.2, 0.25) is 5.95 Å². The van der Waals surface area contributed by atoms with E-state index >= 15 is 0 Å². The number of hydrogen-bond donors (Lipinski definition) is 4. The van der Waals surface area contributed by atoms with Gasteiger partial charge in [0.1, 0.15) is 11.5 Å². The number of nitrogens with zero attached hydrogens (tertiary/aromatic N) is 3. The average Bonchev–Trinajstić information content (AvgIpc) is 3.13. The van der Waals surface area contributed by atoms with E-state index in [9.17, 15) is 4.21 Å². The third-order valence-electron chi connectivity index (χ3n) is 5.88. The smallest absolute Gasteiger partial charge is 0.236 e. The second-order valence-electron chi connectivity index (χ2n) is 7.74. The molecule has 1 aromatic carbocycles. The summed E-state index contributed by atoms with van der Waals surface area (Å²) in [5.41, 5.74) is 7.29. The summed E-state index contributed by atoms with van der Waals surface area (Å²) < 4.78 is 17.7. The predicted molar refractivity (Wildman–Crippen MR) is 122 cm³/mol. The highest BCUT2D eigenvalue weighted by molar-refractivity contribution is 7.86. The first-order chi connectivity index (χ1) is 14.4. The van der Waals surface area contributed by atoms with Gasteiger partial charge in [0, 0.05) is 30.0 Å². The minimum atomic E-state index is -1.51. The molecule has 0 aliphatic heterocycles. The molecule has 2 aromatic heterocycles. The third kappa shape index (κ3) is 3.54. The van der Waals surface area contributed by atoms with E-state index in [0.717, 1.165) is 42.5 Å². The van der Waals surface area contributed by atoms with E-state index < -0.39 is 16.5 Å². The van der Waals surface area contributed by atoms with E-state index in [1.54, 1.807) is 30.5 Å². The molecule has 158 valence electrons. The van der Waals surface area contributed by atoms with Crippen molar-refractivity contribution in [3.8, 4) is 0 Å². The molecule has 1 aliphatic carbocycles. The molecule has 2 heterocycles. The van der Waals surface area contributed by atoms with Crippen LogP contribution in [0.2, 0.25) is 0 Å². The summed E-state index contributed by atoms with van der Waals surface area (Å²) in [6.07, 6.45) is 6.89. The van der Waals surface area contributed by atoms with Gasteiger partial charge in [-0.25, -0.2) is 9.19 Å². The maximum absolute atomic E-state index is 12.7. The molecule has 5 N–H and O–H groups in total. The van der Waals surface area contributed by atoms with Gasteiger partial charge in [0.05, 0.1) is 10.4 Å². The molecule has 1 saturated carbocycles. The van der Waals surface area contributed by atoms with Crippen LogP contribution in [0.1, 0.15) is 39.0 Å². The number of rotatable bonds is 6. The number of anilines is 3. The standard InChI is InChI=1S/C21H27N7OS/c1-14(22)21(10-4-3-5-11-21)28-18(24-2)12-15-13-25-20(26-19(15)28)27-30(29)17-8-6-16(23)7-9-17/h6-9,12-13,22,24H,3-5,10-11,23H2,1-2H3,(H,25,26,27). The first-order valence-corrected chi connectivity index (χ1v) is 11.3. The molecule has 0 amide bonds. The monoisotopic (exact) mass is 425 g/mol. The quantitative estimate of drug-likeness (QED) is 0.353. The molecule has 0 saturated heterocycles. The lowest BCUT2D eigenvalue weighted by Crippen LogP contribution is -2.42. The average molecular weight is 426 g/mol. The summed E-state index contributed by atoms with van der Waals surface area (Å²) in [5.74, 6) is 1.19. The van der Waals surface area contributed by atoms with Crippen molar-refractivity contribution in [3.63, 3.8) is 0 Å². The van der Waals surface area contributed by atoms with Crippen LogP contribution in [0.3, 0.4) is 0 Å². The summed E-state index contributed by atoms with van der Waals surface area (Å²) in [6, 6.07) is 8.86. The largest absolute Gasteiger partial charge is 0.399 e. The highest BCUT2D eigenvalue weighted by Crippen LogP contribution is 2.41. The van der Waals surface area contributed by atoms with E-state index in [2.05, 4.69) is 19.6 Å². The zero-order valence-electron chi connectivity index (χ0n) is 17.2. The Morgan fingerprint density at radius 1 is 1.23 bits per heavy atom. The minimum absolute atomic E-state index is 0.285. The Balaban J connectivity index is 1.76. The Hall–Kier alpha value is -2.94. The van der Waals surface area contributed by atoms with Crippen LogP contribution in [-0.2, 0) is 16.5 Å². The van der Waals surface area contributed by atoms with Gasteiger partial charge in [-0.3, -0.25) is 4.72 Å². The highest BCUT2D eigenvalue weighted by atomic mass is 32.2. The zero-order chi connectivity index (χ0) is 21.3. The Morgan fingerprint density at radius 2 is 1.93 bits per heavy atom. The molecule has 1 aliphatic rings. The van der Waals surface area contributed by atoms with Crippen molar-refractivity contribution in [3.05, 3.63) is 36.5 Å². The molecule has 1 atom stereocenters. The number of fused-ring (bicyclic) bond motifs is 1. The number of aromatic nitrogens is 3. The van der Waals surface area contributed by atoms with Gasteiger partial charge < -0.3 is 21.0 Å². The van der Waals surface area contributed by atoms with E-state index in [4.69, 9.17) is 16.1 Å². The molecule has 4 rings (SSSR count). The summed E-state index contributed by atoms with van der Waals surface area (Å²) in [5, 5.41) is 12.7. The lowest BCUT2D eigenvalue weighted by atomic mass is 9.78. The van der Waals surface area contributed by atoms with Gasteiger partial charge in [-0.1, -0.05) is 19.3 Å². The number of hydrogen-bond acceptors (Lipinski definition) is 6. The van der Waals surface area contributed by atoms with Crippen LogP contribution in [0, 0.1) is 5.41 Å². The van der Waals surface area contributed by atoms with Crippen LogP contribution >= 0.6 is 0 Å². The van der Waals surface area contributed by atoms with Crippen molar-refractivity contribution in [2.24, 2.45) is 0 Å². The fourth-order valence-corrected chi connectivity index (χ4v) is 5.06. The molecular weight excluding hydrogens is 398 g/mol. The summed E-state index contributed by atoms with van der Waals surface area (Å²) in [4.78, 5) is 9.67. The highest BCUT2D eigenvalue weighted by Gasteiger charge is 2.39. The first-order valence-electron chi connectivity index (χ1n) is 10.1. The fraction of sp³-hybridized carbons (Fsp3) is 0.381. The van der Waals surface area contributed by atoms with Gasteiger partial charge in [-0.15, -0.1) is 0 Å². The minimum Gasteiger partial charge on any atom is -0.399 e. The fourth-order valence-electron chi connectivity index (χ4n) is 4.29. The van der Waals surface area contributed by atoms with Crippen molar-refractivity contribution < 1.29 is 4.21 Å². The summed E-state index contributed by atoms with van der Waals surface area (Å²) in [7, 11) is 0.369. The summed E-state index contributed by atoms with van der Waals surface area (Å²) >= 11 is 0. The number of nitrogens with two attached hydrogens (primary N) is 1. The van der Waals surface area contributed by atoms with Crippen molar-refractivity contribution in [1.82, 2.24) is 14.5 Å². The van der Waals surface area contributed by atoms with E-state index in [-0.39, 0.29) is 5.95 Å². The van der Waals surface area contributed by atoms with Crippen molar-refractivity contribution in [2.75, 3.05) is 22.8 Å². The van der Waals surface area contributed by atoms with Crippen molar-refractivity contribution in [2.45, 2.75) is 49.5 Å². The normalized spacial score (nSPS) is 16.9. The van der Waals surface area contributed by atoms with Gasteiger partial charge in [-0.2, -0.15) is 4.98 Å².